The number of benzene rings is 2. The van der Waals surface area contributed by atoms with Crippen LogP contribution in [0.2, 0.25) is 0 Å². The highest BCUT2D eigenvalue weighted by Crippen LogP contribution is 2.36. The van der Waals surface area contributed by atoms with Crippen molar-refractivity contribution in [2.45, 2.75) is 13.1 Å². The minimum atomic E-state index is 0.00212. The van der Waals surface area contributed by atoms with Gasteiger partial charge in [0.25, 0.3) is 0 Å². The van der Waals surface area contributed by atoms with Crippen LogP contribution >= 0.6 is 0 Å². The Balaban J connectivity index is 2.01. The molecule has 0 fully saturated rings. The fourth-order valence-electron chi connectivity index (χ4n) is 2.01. The molecule has 0 heterocycles. The molecule has 21 heavy (non-hydrogen) atoms. The number of nitrogens with one attached hydrogen (secondary N) is 1. The van der Waals surface area contributed by atoms with Gasteiger partial charge in [-0.1, -0.05) is 12.1 Å². The average Bonchev–Trinajstić information content (AvgIpc) is 2.50. The number of ether oxygens (including phenoxy) is 2. The molecule has 112 valence electrons. The van der Waals surface area contributed by atoms with Gasteiger partial charge in [0.15, 0.2) is 11.5 Å². The number of aromatic hydroxyl groups is 2. The molecule has 0 amide bonds. The van der Waals surface area contributed by atoms with Crippen molar-refractivity contribution in [1.29, 1.82) is 0 Å². The second-order valence-electron chi connectivity index (χ2n) is 4.62. The van der Waals surface area contributed by atoms with E-state index in [4.69, 9.17) is 9.47 Å². The predicted octanol–water partition coefficient (Wildman–Crippen LogP) is 2.40. The molecule has 5 heteroatoms. The van der Waals surface area contributed by atoms with Crippen LogP contribution in [0.15, 0.2) is 36.4 Å². The van der Waals surface area contributed by atoms with Gasteiger partial charge in [-0.25, -0.2) is 0 Å². The van der Waals surface area contributed by atoms with Gasteiger partial charge in [0, 0.05) is 13.1 Å². The fraction of sp³-hybridized carbons (Fsp3) is 0.250. The highest BCUT2D eigenvalue weighted by Gasteiger charge is 2.10. The van der Waals surface area contributed by atoms with E-state index in [1.807, 2.05) is 12.1 Å². The quantitative estimate of drug-likeness (QED) is 0.761. The first kappa shape index (κ1) is 15.0. The lowest BCUT2D eigenvalue weighted by atomic mass is 10.1. The summed E-state index contributed by atoms with van der Waals surface area (Å²) >= 11 is 0. The molecule has 2 aromatic carbocycles. The Morgan fingerprint density at radius 3 is 1.90 bits per heavy atom. The fourth-order valence-corrected chi connectivity index (χ4v) is 2.01. The summed E-state index contributed by atoms with van der Waals surface area (Å²) in [4.78, 5) is 0. The smallest absolute Gasteiger partial charge is 0.200 e. The maximum Gasteiger partial charge on any atom is 0.200 e. The first-order valence-corrected chi connectivity index (χ1v) is 6.56. The summed E-state index contributed by atoms with van der Waals surface area (Å²) in [6, 6.07) is 10.6. The van der Waals surface area contributed by atoms with Crippen LogP contribution in [0.5, 0.6) is 23.0 Å². The summed E-state index contributed by atoms with van der Waals surface area (Å²) in [5, 5.41) is 22.4. The minimum absolute atomic E-state index is 0.00212. The molecule has 0 unspecified atom stereocenters. The maximum atomic E-state index is 9.85. The largest absolute Gasteiger partial charge is 0.508 e. The van der Waals surface area contributed by atoms with Crippen molar-refractivity contribution >= 4 is 0 Å². The third-order valence-corrected chi connectivity index (χ3v) is 3.13. The summed E-state index contributed by atoms with van der Waals surface area (Å²) in [5.41, 5.74) is 2.02. The molecule has 2 aromatic rings. The second kappa shape index (κ2) is 6.85. The van der Waals surface area contributed by atoms with Crippen molar-refractivity contribution in [2.75, 3.05) is 14.2 Å². The Hall–Kier alpha value is -2.40. The molecule has 0 saturated heterocycles. The van der Waals surface area contributed by atoms with Crippen LogP contribution < -0.4 is 14.8 Å². The van der Waals surface area contributed by atoms with E-state index in [1.165, 1.54) is 14.2 Å². The van der Waals surface area contributed by atoms with Crippen molar-refractivity contribution < 1.29 is 19.7 Å². The van der Waals surface area contributed by atoms with E-state index in [-0.39, 0.29) is 11.5 Å². The summed E-state index contributed by atoms with van der Waals surface area (Å²) in [6.45, 7) is 1.28. The second-order valence-corrected chi connectivity index (χ2v) is 4.62. The monoisotopic (exact) mass is 289 g/mol. The van der Waals surface area contributed by atoms with Crippen molar-refractivity contribution in [3.8, 4) is 23.0 Å². The molecular formula is C16H19NO4. The molecular weight excluding hydrogens is 270 g/mol. The van der Waals surface area contributed by atoms with Crippen LogP contribution in [0, 0.1) is 0 Å². The van der Waals surface area contributed by atoms with Gasteiger partial charge in [0.1, 0.15) is 5.75 Å². The van der Waals surface area contributed by atoms with E-state index in [0.717, 1.165) is 11.1 Å². The van der Waals surface area contributed by atoms with Crippen molar-refractivity contribution in [3.05, 3.63) is 47.5 Å². The van der Waals surface area contributed by atoms with Crippen LogP contribution in [0.1, 0.15) is 11.1 Å². The van der Waals surface area contributed by atoms with Crippen molar-refractivity contribution in [1.82, 2.24) is 5.32 Å². The molecule has 0 aromatic heterocycles. The van der Waals surface area contributed by atoms with E-state index in [2.05, 4.69) is 5.32 Å². The summed E-state index contributed by atoms with van der Waals surface area (Å²) in [7, 11) is 3.00. The first-order chi connectivity index (χ1) is 10.1. The topological polar surface area (TPSA) is 71.0 Å². The SMILES string of the molecule is COc1cc(CNCc2ccc(O)cc2)cc(OC)c1O. The average molecular weight is 289 g/mol. The number of phenolic OH excluding ortho intramolecular Hbond substituents is 2. The van der Waals surface area contributed by atoms with Crippen molar-refractivity contribution in [2.24, 2.45) is 0 Å². The highest BCUT2D eigenvalue weighted by atomic mass is 16.5. The summed E-state index contributed by atoms with van der Waals surface area (Å²) < 4.78 is 10.2. The molecule has 0 spiro atoms. The van der Waals surface area contributed by atoms with Crippen molar-refractivity contribution in [3.63, 3.8) is 0 Å². The summed E-state index contributed by atoms with van der Waals surface area (Å²) in [5.74, 6) is 1.03. The lowest BCUT2D eigenvalue weighted by Crippen LogP contribution is -2.12. The molecule has 0 aliphatic carbocycles. The number of hydrogen-bond donors (Lipinski definition) is 3. The maximum absolute atomic E-state index is 9.85. The Morgan fingerprint density at radius 1 is 0.857 bits per heavy atom. The minimum Gasteiger partial charge on any atom is -0.508 e. The van der Waals surface area contributed by atoms with Crippen LogP contribution in [0.3, 0.4) is 0 Å². The van der Waals surface area contributed by atoms with E-state index >= 15 is 0 Å². The first-order valence-electron chi connectivity index (χ1n) is 6.56. The Morgan fingerprint density at radius 2 is 1.38 bits per heavy atom. The molecule has 0 bridgehead atoms. The number of methoxy groups -OCH3 is 2. The summed E-state index contributed by atoms with van der Waals surface area (Å²) in [6.07, 6.45) is 0. The van der Waals surface area contributed by atoms with Crippen LogP contribution in [0.25, 0.3) is 0 Å². The van der Waals surface area contributed by atoms with Gasteiger partial charge < -0.3 is 25.0 Å². The standard InChI is InChI=1S/C16H19NO4/c1-20-14-7-12(8-15(21-2)16(14)19)10-17-9-11-3-5-13(18)6-4-11/h3-8,17-19H,9-10H2,1-2H3. The van der Waals surface area contributed by atoms with E-state index in [1.54, 1.807) is 24.3 Å². The molecule has 0 radical (unpaired) electrons. The molecule has 0 aliphatic rings. The highest BCUT2D eigenvalue weighted by molar-refractivity contribution is 5.52. The molecule has 2 rings (SSSR count). The van der Waals surface area contributed by atoms with Gasteiger partial charge in [0.2, 0.25) is 5.75 Å². The molecule has 5 nitrogen and oxygen atoms in total. The van der Waals surface area contributed by atoms with Gasteiger partial charge in [-0.3, -0.25) is 0 Å². The Kier molecular flexibility index (Phi) is 4.90. The number of phenols is 2. The lowest BCUT2D eigenvalue weighted by Gasteiger charge is -2.12. The molecule has 0 atom stereocenters. The Labute approximate surface area is 123 Å². The zero-order valence-electron chi connectivity index (χ0n) is 12.1. The number of hydrogen-bond acceptors (Lipinski definition) is 5. The van der Waals surface area contributed by atoms with Gasteiger partial charge in [0.05, 0.1) is 14.2 Å². The predicted molar refractivity (Wildman–Crippen MR) is 79.9 cm³/mol. The Bertz CT molecular complexity index is 571. The lowest BCUT2D eigenvalue weighted by molar-refractivity contribution is 0.339. The molecule has 0 aliphatic heterocycles. The number of rotatable bonds is 6. The van der Waals surface area contributed by atoms with Crippen LogP contribution in [-0.2, 0) is 13.1 Å². The third kappa shape index (κ3) is 3.79. The van der Waals surface area contributed by atoms with E-state index in [9.17, 15) is 10.2 Å². The van der Waals surface area contributed by atoms with Gasteiger partial charge in [-0.2, -0.15) is 0 Å². The van der Waals surface area contributed by atoms with E-state index < -0.39 is 0 Å². The van der Waals surface area contributed by atoms with Gasteiger partial charge in [-0.15, -0.1) is 0 Å². The third-order valence-electron chi connectivity index (χ3n) is 3.13. The zero-order valence-corrected chi connectivity index (χ0v) is 12.1. The zero-order chi connectivity index (χ0) is 15.2. The normalized spacial score (nSPS) is 10.4. The van der Waals surface area contributed by atoms with Crippen LogP contribution in [-0.4, -0.2) is 24.4 Å². The van der Waals surface area contributed by atoms with Gasteiger partial charge in [-0.05, 0) is 35.4 Å². The van der Waals surface area contributed by atoms with Gasteiger partial charge >= 0.3 is 0 Å². The molecule has 3 N–H and O–H groups in total. The van der Waals surface area contributed by atoms with E-state index in [0.29, 0.717) is 24.6 Å². The van der Waals surface area contributed by atoms with Crippen LogP contribution in [0.4, 0.5) is 0 Å². The molecule has 0 saturated carbocycles.